The number of hydrogen-bond acceptors (Lipinski definition) is 4. The zero-order valence-corrected chi connectivity index (χ0v) is 16.0. The Morgan fingerprint density at radius 3 is 2.46 bits per heavy atom. The fourth-order valence-corrected chi connectivity index (χ4v) is 2.89. The van der Waals surface area contributed by atoms with E-state index in [1.165, 1.54) is 0 Å². The van der Waals surface area contributed by atoms with Gasteiger partial charge in [0, 0.05) is 52.1 Å². The summed E-state index contributed by atoms with van der Waals surface area (Å²) in [5, 5.41) is 2.90. The molecule has 1 aliphatic rings. The van der Waals surface area contributed by atoms with E-state index in [0.29, 0.717) is 45.9 Å². The summed E-state index contributed by atoms with van der Waals surface area (Å²) in [7, 11) is 1.79. The molecule has 0 aliphatic carbocycles. The fraction of sp³-hybridized carbons (Fsp3) is 0.579. The highest BCUT2D eigenvalue weighted by Gasteiger charge is 2.23. The topological polar surface area (TPSA) is 65.1 Å². The van der Waals surface area contributed by atoms with E-state index in [9.17, 15) is 9.59 Å². The summed E-state index contributed by atoms with van der Waals surface area (Å²) in [6.45, 7) is 8.03. The minimum atomic E-state index is -0.0658. The van der Waals surface area contributed by atoms with Crippen LogP contribution in [0.25, 0.3) is 0 Å². The highest BCUT2D eigenvalue weighted by atomic mass is 16.5. The third-order valence-corrected chi connectivity index (χ3v) is 4.53. The van der Waals surface area contributed by atoms with Crippen molar-refractivity contribution in [2.75, 3.05) is 57.8 Å². The van der Waals surface area contributed by atoms with Gasteiger partial charge in [-0.05, 0) is 26.0 Å². The molecule has 1 N–H and O–H groups in total. The van der Waals surface area contributed by atoms with Crippen LogP contribution < -0.4 is 10.2 Å². The molecule has 1 heterocycles. The van der Waals surface area contributed by atoms with Gasteiger partial charge in [0.1, 0.15) is 0 Å². The number of nitrogens with one attached hydrogen (secondary N) is 1. The molecular formula is C19H30N4O3. The maximum absolute atomic E-state index is 12.4. The van der Waals surface area contributed by atoms with Crippen LogP contribution in [0.2, 0.25) is 0 Å². The van der Waals surface area contributed by atoms with Gasteiger partial charge in [0.05, 0.1) is 12.6 Å². The van der Waals surface area contributed by atoms with E-state index in [-0.39, 0.29) is 18.0 Å². The number of nitrogens with zero attached hydrogens (tertiary/aromatic N) is 3. The zero-order valence-electron chi connectivity index (χ0n) is 16.0. The predicted molar refractivity (Wildman–Crippen MR) is 102 cm³/mol. The minimum absolute atomic E-state index is 0.0105. The summed E-state index contributed by atoms with van der Waals surface area (Å²) in [4.78, 5) is 30.2. The summed E-state index contributed by atoms with van der Waals surface area (Å²) in [5.74, 6) is 0.0552. The molecule has 0 radical (unpaired) electrons. The average Bonchev–Trinajstić information content (AvgIpc) is 2.67. The van der Waals surface area contributed by atoms with Gasteiger partial charge < -0.3 is 19.9 Å². The van der Waals surface area contributed by atoms with Crippen molar-refractivity contribution in [3.05, 3.63) is 30.3 Å². The molecule has 2 rings (SSSR count). The van der Waals surface area contributed by atoms with Gasteiger partial charge in [0.15, 0.2) is 0 Å². The number of ether oxygens (including phenoxy) is 1. The molecule has 7 heteroatoms. The lowest BCUT2D eigenvalue weighted by atomic mass is 10.2. The highest BCUT2D eigenvalue weighted by molar-refractivity contribution is 5.94. The monoisotopic (exact) mass is 362 g/mol. The van der Waals surface area contributed by atoms with Crippen LogP contribution in [-0.2, 0) is 9.53 Å². The standard InChI is InChI=1S/C19H30N4O3/c1-4-26-16(2)14-20-19(25)23-12-10-22(11-13-23)15-18(24)21(3)17-8-6-5-7-9-17/h5-9,16H,4,10-15H2,1-3H3,(H,20,25). The highest BCUT2D eigenvalue weighted by Crippen LogP contribution is 2.12. The number of rotatable bonds is 7. The minimum Gasteiger partial charge on any atom is -0.377 e. The molecule has 0 spiro atoms. The van der Waals surface area contributed by atoms with E-state index in [2.05, 4.69) is 10.2 Å². The lowest BCUT2D eigenvalue weighted by molar-refractivity contribution is -0.119. The number of hydrogen-bond donors (Lipinski definition) is 1. The van der Waals surface area contributed by atoms with Crippen molar-refractivity contribution >= 4 is 17.6 Å². The second kappa shape index (κ2) is 10.1. The molecule has 1 fully saturated rings. The van der Waals surface area contributed by atoms with Crippen molar-refractivity contribution in [2.24, 2.45) is 0 Å². The van der Waals surface area contributed by atoms with E-state index >= 15 is 0 Å². The number of para-hydroxylation sites is 1. The van der Waals surface area contributed by atoms with Gasteiger partial charge in [-0.2, -0.15) is 0 Å². The van der Waals surface area contributed by atoms with Crippen LogP contribution in [0.15, 0.2) is 30.3 Å². The normalized spacial score (nSPS) is 16.2. The van der Waals surface area contributed by atoms with Crippen LogP contribution >= 0.6 is 0 Å². The van der Waals surface area contributed by atoms with Crippen molar-refractivity contribution in [2.45, 2.75) is 20.0 Å². The molecular weight excluding hydrogens is 332 g/mol. The van der Waals surface area contributed by atoms with Crippen LogP contribution in [0.4, 0.5) is 10.5 Å². The third kappa shape index (κ3) is 6.00. The van der Waals surface area contributed by atoms with E-state index in [0.717, 1.165) is 5.69 Å². The Bertz CT molecular complexity index is 573. The van der Waals surface area contributed by atoms with Crippen LogP contribution in [0.5, 0.6) is 0 Å². The Kier molecular flexibility index (Phi) is 7.87. The van der Waals surface area contributed by atoms with Crippen LogP contribution in [0.1, 0.15) is 13.8 Å². The molecule has 0 bridgehead atoms. The number of amides is 3. The van der Waals surface area contributed by atoms with Gasteiger partial charge in [0.2, 0.25) is 5.91 Å². The number of benzene rings is 1. The van der Waals surface area contributed by atoms with Gasteiger partial charge in [-0.1, -0.05) is 18.2 Å². The fourth-order valence-electron chi connectivity index (χ4n) is 2.89. The molecule has 7 nitrogen and oxygen atoms in total. The Morgan fingerprint density at radius 2 is 1.85 bits per heavy atom. The van der Waals surface area contributed by atoms with Crippen LogP contribution in [0, 0.1) is 0 Å². The van der Waals surface area contributed by atoms with Crippen LogP contribution in [-0.4, -0.2) is 80.8 Å². The van der Waals surface area contributed by atoms with Crippen molar-refractivity contribution < 1.29 is 14.3 Å². The third-order valence-electron chi connectivity index (χ3n) is 4.53. The van der Waals surface area contributed by atoms with Gasteiger partial charge in [-0.25, -0.2) is 4.79 Å². The number of piperazine rings is 1. The summed E-state index contributed by atoms with van der Waals surface area (Å²) >= 11 is 0. The van der Waals surface area contributed by atoms with Crippen molar-refractivity contribution in [1.82, 2.24) is 15.1 Å². The SMILES string of the molecule is CCOC(C)CNC(=O)N1CCN(CC(=O)N(C)c2ccccc2)CC1. The number of likely N-dealkylation sites (N-methyl/N-ethyl adjacent to an activating group) is 1. The molecule has 3 amide bonds. The smallest absolute Gasteiger partial charge is 0.317 e. The maximum Gasteiger partial charge on any atom is 0.317 e. The number of carbonyl (C=O) groups is 2. The second-order valence-electron chi connectivity index (χ2n) is 6.50. The molecule has 1 aromatic carbocycles. The van der Waals surface area contributed by atoms with Gasteiger partial charge >= 0.3 is 6.03 Å². The summed E-state index contributed by atoms with van der Waals surface area (Å²) < 4.78 is 5.42. The summed E-state index contributed by atoms with van der Waals surface area (Å²) in [6, 6.07) is 9.55. The molecule has 1 aromatic rings. The summed E-state index contributed by atoms with van der Waals surface area (Å²) in [5.41, 5.74) is 0.888. The predicted octanol–water partition coefficient (Wildman–Crippen LogP) is 1.40. The number of anilines is 1. The van der Waals surface area contributed by atoms with Gasteiger partial charge in [-0.15, -0.1) is 0 Å². The molecule has 1 atom stereocenters. The molecule has 1 saturated heterocycles. The maximum atomic E-state index is 12.4. The lowest BCUT2D eigenvalue weighted by Crippen LogP contribution is -2.54. The zero-order chi connectivity index (χ0) is 18.9. The second-order valence-corrected chi connectivity index (χ2v) is 6.50. The van der Waals surface area contributed by atoms with Crippen LogP contribution in [0.3, 0.4) is 0 Å². The number of urea groups is 1. The Labute approximate surface area is 155 Å². The Hall–Kier alpha value is -2.12. The molecule has 0 saturated carbocycles. The quantitative estimate of drug-likeness (QED) is 0.796. The first kappa shape index (κ1) is 20.2. The van der Waals surface area contributed by atoms with E-state index in [1.54, 1.807) is 16.8 Å². The van der Waals surface area contributed by atoms with Crippen molar-refractivity contribution in [3.63, 3.8) is 0 Å². The van der Waals surface area contributed by atoms with Gasteiger partial charge in [0.25, 0.3) is 0 Å². The molecule has 144 valence electrons. The van der Waals surface area contributed by atoms with Crippen molar-refractivity contribution in [3.8, 4) is 0 Å². The molecule has 1 unspecified atom stereocenters. The average molecular weight is 362 g/mol. The molecule has 1 aliphatic heterocycles. The van der Waals surface area contributed by atoms with E-state index < -0.39 is 0 Å². The Balaban J connectivity index is 1.72. The van der Waals surface area contributed by atoms with Gasteiger partial charge in [-0.3, -0.25) is 9.69 Å². The molecule has 0 aromatic heterocycles. The Morgan fingerprint density at radius 1 is 1.19 bits per heavy atom. The molecule has 26 heavy (non-hydrogen) atoms. The van der Waals surface area contributed by atoms with E-state index in [4.69, 9.17) is 4.74 Å². The summed E-state index contributed by atoms with van der Waals surface area (Å²) in [6.07, 6.45) is 0.0105. The first-order chi connectivity index (χ1) is 12.5. The van der Waals surface area contributed by atoms with E-state index in [1.807, 2.05) is 44.2 Å². The first-order valence-electron chi connectivity index (χ1n) is 9.19. The largest absolute Gasteiger partial charge is 0.377 e. The first-order valence-corrected chi connectivity index (χ1v) is 9.19. The van der Waals surface area contributed by atoms with Crippen molar-refractivity contribution in [1.29, 1.82) is 0 Å². The lowest BCUT2D eigenvalue weighted by Gasteiger charge is -2.35. The number of carbonyl (C=O) groups excluding carboxylic acids is 2.